The molecule has 78 valence electrons. The van der Waals surface area contributed by atoms with Gasteiger partial charge in [-0.25, -0.2) is 0 Å². The summed E-state index contributed by atoms with van der Waals surface area (Å²) in [6.07, 6.45) is 6.92. The highest BCUT2D eigenvalue weighted by Gasteiger charge is 2.26. The van der Waals surface area contributed by atoms with Crippen molar-refractivity contribution in [1.29, 1.82) is 0 Å². The van der Waals surface area contributed by atoms with Crippen LogP contribution in [0.1, 0.15) is 46.0 Å². The number of hydrogen-bond donors (Lipinski definition) is 2. The molecule has 2 heteroatoms. The Morgan fingerprint density at radius 2 is 2.15 bits per heavy atom. The predicted molar refractivity (Wildman–Crippen MR) is 55.6 cm³/mol. The minimum Gasteiger partial charge on any atom is -0.350 e. The van der Waals surface area contributed by atoms with Crippen LogP contribution in [0.5, 0.6) is 0 Å². The largest absolute Gasteiger partial charge is 0.350 e. The van der Waals surface area contributed by atoms with E-state index in [0.29, 0.717) is 6.04 Å². The molecule has 0 radical (unpaired) electrons. The topological polar surface area (TPSA) is 32.1 Å². The van der Waals surface area contributed by atoms with Crippen molar-refractivity contribution in [3.05, 3.63) is 0 Å². The van der Waals surface area contributed by atoms with E-state index in [4.69, 9.17) is 0 Å². The molecule has 1 aliphatic heterocycles. The zero-order chi connectivity index (χ0) is 9.68. The van der Waals surface area contributed by atoms with Crippen LogP contribution in [0.3, 0.4) is 0 Å². The van der Waals surface area contributed by atoms with Crippen LogP contribution in [0.4, 0.5) is 0 Å². The standard InChI is InChI=1S/C11H24N2/c1-3-10(12)9-13-8-6-5-7-11(13)4-2/h10-11H,3-9,12H2,1-2H3/p+2/t10-,11+/m1/s1. The third-order valence-electron chi connectivity index (χ3n) is 3.50. The van der Waals surface area contributed by atoms with E-state index in [2.05, 4.69) is 19.6 Å². The maximum atomic E-state index is 4.20. The first-order valence-corrected chi connectivity index (χ1v) is 5.95. The Balaban J connectivity index is 2.35. The van der Waals surface area contributed by atoms with Crippen molar-refractivity contribution in [2.45, 2.75) is 58.0 Å². The summed E-state index contributed by atoms with van der Waals surface area (Å²) in [6.45, 7) is 7.28. The fraction of sp³-hybridized carbons (Fsp3) is 1.00. The smallest absolute Gasteiger partial charge is 0.134 e. The van der Waals surface area contributed by atoms with Crippen LogP contribution in [0.25, 0.3) is 0 Å². The van der Waals surface area contributed by atoms with E-state index in [1.165, 1.54) is 45.2 Å². The second kappa shape index (κ2) is 5.61. The molecule has 4 N–H and O–H groups in total. The first-order valence-electron chi connectivity index (χ1n) is 5.95. The Morgan fingerprint density at radius 3 is 2.77 bits per heavy atom. The number of piperidine rings is 1. The molecule has 1 unspecified atom stereocenters. The lowest BCUT2D eigenvalue weighted by Crippen LogP contribution is -3.18. The third kappa shape index (κ3) is 3.28. The van der Waals surface area contributed by atoms with Gasteiger partial charge in [-0.2, -0.15) is 0 Å². The summed E-state index contributed by atoms with van der Waals surface area (Å²) >= 11 is 0. The van der Waals surface area contributed by atoms with Crippen LogP contribution < -0.4 is 10.6 Å². The Hall–Kier alpha value is -0.0800. The zero-order valence-electron chi connectivity index (χ0n) is 9.31. The zero-order valence-corrected chi connectivity index (χ0v) is 9.31. The molecule has 0 saturated carbocycles. The van der Waals surface area contributed by atoms with Gasteiger partial charge in [0.25, 0.3) is 0 Å². The molecule has 0 aromatic carbocycles. The van der Waals surface area contributed by atoms with E-state index in [1.54, 1.807) is 0 Å². The molecule has 1 aliphatic rings. The molecule has 0 amide bonds. The normalized spacial score (nSPS) is 31.6. The minimum atomic E-state index is 0.669. The summed E-state index contributed by atoms with van der Waals surface area (Å²) in [5.41, 5.74) is 4.20. The molecule has 1 rings (SSSR count). The van der Waals surface area contributed by atoms with Gasteiger partial charge in [-0.05, 0) is 25.7 Å². The predicted octanol–water partition coefficient (Wildman–Crippen LogP) is -0.146. The van der Waals surface area contributed by atoms with Crippen LogP contribution in [0.2, 0.25) is 0 Å². The van der Waals surface area contributed by atoms with Crippen molar-refractivity contribution in [2.75, 3.05) is 13.1 Å². The molecule has 0 spiro atoms. The van der Waals surface area contributed by atoms with Crippen LogP contribution in [-0.2, 0) is 0 Å². The van der Waals surface area contributed by atoms with E-state index < -0.39 is 0 Å². The van der Waals surface area contributed by atoms with Crippen molar-refractivity contribution in [2.24, 2.45) is 0 Å². The van der Waals surface area contributed by atoms with E-state index in [1.807, 2.05) is 4.90 Å². The third-order valence-corrected chi connectivity index (χ3v) is 3.50. The molecule has 2 nitrogen and oxygen atoms in total. The molecular formula is C11H26N2+2. The number of quaternary nitrogens is 2. The van der Waals surface area contributed by atoms with Crippen LogP contribution >= 0.6 is 0 Å². The van der Waals surface area contributed by atoms with Crippen molar-refractivity contribution in [3.63, 3.8) is 0 Å². The lowest BCUT2D eigenvalue weighted by Gasteiger charge is -2.32. The van der Waals surface area contributed by atoms with Gasteiger partial charge in [0.15, 0.2) is 0 Å². The van der Waals surface area contributed by atoms with Gasteiger partial charge in [0.2, 0.25) is 0 Å². The average molecular weight is 186 g/mol. The molecule has 0 aromatic heterocycles. The summed E-state index contributed by atoms with van der Waals surface area (Å²) in [5, 5.41) is 0. The van der Waals surface area contributed by atoms with E-state index in [9.17, 15) is 0 Å². The van der Waals surface area contributed by atoms with Crippen molar-refractivity contribution in [3.8, 4) is 0 Å². The van der Waals surface area contributed by atoms with E-state index in [-0.39, 0.29) is 0 Å². The van der Waals surface area contributed by atoms with Gasteiger partial charge in [0.1, 0.15) is 12.6 Å². The summed E-state index contributed by atoms with van der Waals surface area (Å²) in [7, 11) is 0. The van der Waals surface area contributed by atoms with Gasteiger partial charge in [-0.15, -0.1) is 0 Å². The summed E-state index contributed by atoms with van der Waals surface area (Å²) < 4.78 is 0. The molecule has 0 aliphatic carbocycles. The number of rotatable bonds is 4. The Bertz CT molecular complexity index is 136. The number of likely N-dealkylation sites (tertiary alicyclic amines) is 1. The van der Waals surface area contributed by atoms with Gasteiger partial charge in [0.05, 0.1) is 12.6 Å². The fourth-order valence-electron chi connectivity index (χ4n) is 2.43. The van der Waals surface area contributed by atoms with Gasteiger partial charge in [-0.1, -0.05) is 13.8 Å². The fourth-order valence-corrected chi connectivity index (χ4v) is 2.43. The summed E-state index contributed by atoms with van der Waals surface area (Å²) in [6, 6.07) is 1.60. The van der Waals surface area contributed by atoms with Crippen LogP contribution in [0.15, 0.2) is 0 Å². The maximum absolute atomic E-state index is 4.20. The van der Waals surface area contributed by atoms with E-state index >= 15 is 0 Å². The first kappa shape index (κ1) is 11.0. The molecule has 0 aromatic rings. The van der Waals surface area contributed by atoms with Crippen LogP contribution in [0, 0.1) is 0 Å². The van der Waals surface area contributed by atoms with Gasteiger partial charge < -0.3 is 10.6 Å². The highest BCUT2D eigenvalue weighted by atomic mass is 15.2. The monoisotopic (exact) mass is 186 g/mol. The summed E-state index contributed by atoms with van der Waals surface area (Å²) in [5.74, 6) is 0. The molecular weight excluding hydrogens is 160 g/mol. The number of hydrogen-bond acceptors (Lipinski definition) is 0. The number of nitrogens with one attached hydrogen (secondary N) is 1. The second-order valence-electron chi connectivity index (χ2n) is 4.49. The Labute approximate surface area is 82.5 Å². The van der Waals surface area contributed by atoms with Crippen molar-refractivity contribution < 1.29 is 10.6 Å². The van der Waals surface area contributed by atoms with Crippen LogP contribution in [-0.4, -0.2) is 25.2 Å². The van der Waals surface area contributed by atoms with Gasteiger partial charge >= 0.3 is 0 Å². The average Bonchev–Trinajstić information content (AvgIpc) is 2.18. The highest BCUT2D eigenvalue weighted by Crippen LogP contribution is 2.05. The first-order chi connectivity index (χ1) is 6.27. The molecule has 3 atom stereocenters. The van der Waals surface area contributed by atoms with Crippen molar-refractivity contribution >= 4 is 0 Å². The SMILES string of the molecule is CC[C@@H]([NH3+])C[NH+]1CCCC[C@@H]1CC. The highest BCUT2D eigenvalue weighted by molar-refractivity contribution is 4.60. The molecule has 1 heterocycles. The maximum Gasteiger partial charge on any atom is 0.134 e. The van der Waals surface area contributed by atoms with Crippen molar-refractivity contribution in [1.82, 2.24) is 0 Å². The molecule has 1 fully saturated rings. The lowest BCUT2D eigenvalue weighted by atomic mass is 9.99. The Kier molecular flexibility index (Phi) is 4.74. The molecule has 13 heavy (non-hydrogen) atoms. The van der Waals surface area contributed by atoms with Gasteiger partial charge in [-0.3, -0.25) is 0 Å². The molecule has 0 bridgehead atoms. The lowest BCUT2D eigenvalue weighted by molar-refractivity contribution is -0.939. The molecule has 1 saturated heterocycles. The minimum absolute atomic E-state index is 0.669. The quantitative estimate of drug-likeness (QED) is 0.612. The van der Waals surface area contributed by atoms with Gasteiger partial charge in [0, 0.05) is 6.42 Å². The summed E-state index contributed by atoms with van der Waals surface area (Å²) in [4.78, 5) is 1.83. The Morgan fingerprint density at radius 1 is 1.38 bits per heavy atom. The second-order valence-corrected chi connectivity index (χ2v) is 4.49. The van der Waals surface area contributed by atoms with E-state index in [0.717, 1.165) is 6.04 Å².